The van der Waals surface area contributed by atoms with Crippen molar-refractivity contribution in [2.75, 3.05) is 6.54 Å². The summed E-state index contributed by atoms with van der Waals surface area (Å²) in [4.78, 5) is 38.2. The van der Waals surface area contributed by atoms with Crippen molar-refractivity contribution in [2.24, 2.45) is 11.8 Å². The van der Waals surface area contributed by atoms with Crippen LogP contribution in [0.25, 0.3) is 0 Å². The number of aliphatic carboxylic acids is 1. The van der Waals surface area contributed by atoms with Crippen molar-refractivity contribution >= 4 is 17.8 Å². The summed E-state index contributed by atoms with van der Waals surface area (Å²) >= 11 is 0. The minimum atomic E-state index is -5.46. The third-order valence-electron chi connectivity index (χ3n) is 9.93. The molecule has 0 aromatic heterocycles. The molecule has 1 aliphatic rings. The first-order valence-electron chi connectivity index (χ1n) is 17.7. The van der Waals surface area contributed by atoms with E-state index in [1.165, 1.54) is 24.3 Å². The maximum absolute atomic E-state index is 15.3. The van der Waals surface area contributed by atoms with Crippen LogP contribution in [0, 0.1) is 29.3 Å². The van der Waals surface area contributed by atoms with E-state index in [1.807, 2.05) is 0 Å². The van der Waals surface area contributed by atoms with Crippen molar-refractivity contribution in [1.82, 2.24) is 10.6 Å². The molecule has 0 spiro atoms. The van der Waals surface area contributed by atoms with Crippen molar-refractivity contribution in [3.63, 3.8) is 0 Å². The van der Waals surface area contributed by atoms with E-state index in [-0.39, 0.29) is 53.9 Å². The van der Waals surface area contributed by atoms with E-state index in [9.17, 15) is 72.2 Å². The van der Waals surface area contributed by atoms with E-state index in [0.29, 0.717) is 49.9 Å². The van der Waals surface area contributed by atoms with Gasteiger partial charge in [-0.2, -0.15) is 43.9 Å². The third kappa shape index (κ3) is 10.5. The molecule has 1 atom stereocenters. The third-order valence-corrected chi connectivity index (χ3v) is 9.93. The monoisotopic (exact) mass is 866 g/mol. The molecule has 7 nitrogen and oxygen atoms in total. The number of rotatable bonds is 13. The van der Waals surface area contributed by atoms with Crippen LogP contribution in [0.5, 0.6) is 5.75 Å². The van der Waals surface area contributed by atoms with Gasteiger partial charge in [0.15, 0.2) is 0 Å². The minimum absolute atomic E-state index is 0.00425. The number of benzene rings is 4. The highest BCUT2D eigenvalue weighted by molar-refractivity contribution is 5.96. The Labute approximate surface area is 331 Å². The lowest BCUT2D eigenvalue weighted by atomic mass is 9.76. The smallest absolute Gasteiger partial charge is 0.461 e. The number of carboxylic acid groups (broad SMARTS) is 1. The molecule has 0 bridgehead atoms. The summed E-state index contributed by atoms with van der Waals surface area (Å²) in [5, 5.41) is 14.1. The Hall–Kier alpha value is -5.82. The molecular formula is C40H31F13N2O5. The molecule has 4 aromatic rings. The molecule has 60 heavy (non-hydrogen) atoms. The van der Waals surface area contributed by atoms with E-state index < -0.39 is 112 Å². The van der Waals surface area contributed by atoms with Gasteiger partial charge < -0.3 is 20.5 Å². The second kappa shape index (κ2) is 17.4. The molecule has 0 saturated heterocycles. The summed E-state index contributed by atoms with van der Waals surface area (Å²) in [6.45, 7) is 0.169. The Balaban J connectivity index is 1.64. The van der Waals surface area contributed by atoms with Crippen molar-refractivity contribution in [3.8, 4) is 5.75 Å². The fourth-order valence-electron chi connectivity index (χ4n) is 6.82. The Kier molecular flexibility index (Phi) is 13.1. The van der Waals surface area contributed by atoms with E-state index in [1.54, 1.807) is 0 Å². The van der Waals surface area contributed by atoms with Gasteiger partial charge in [0.25, 0.3) is 11.8 Å². The Morgan fingerprint density at radius 2 is 1.25 bits per heavy atom. The van der Waals surface area contributed by atoms with Gasteiger partial charge in [-0.1, -0.05) is 18.2 Å². The molecule has 322 valence electrons. The van der Waals surface area contributed by atoms with E-state index in [0.717, 1.165) is 0 Å². The molecule has 0 radical (unpaired) electrons. The normalized spacial score (nSPS) is 17.2. The zero-order valence-electron chi connectivity index (χ0n) is 30.5. The summed E-state index contributed by atoms with van der Waals surface area (Å²) in [6.07, 6.45) is -19.7. The van der Waals surface area contributed by atoms with Crippen LogP contribution in [-0.2, 0) is 29.1 Å². The van der Waals surface area contributed by atoms with Crippen LogP contribution in [0.3, 0.4) is 0 Å². The lowest BCUT2D eigenvalue weighted by molar-refractivity contribution is -0.253. The number of carbonyl (C=O) groups excluding carboxylic acids is 2. The summed E-state index contributed by atoms with van der Waals surface area (Å²) in [7, 11) is 0. The molecule has 1 saturated carbocycles. The quantitative estimate of drug-likeness (QED) is 0.116. The Morgan fingerprint density at radius 3 is 1.82 bits per heavy atom. The predicted molar refractivity (Wildman–Crippen MR) is 185 cm³/mol. The van der Waals surface area contributed by atoms with Gasteiger partial charge in [0, 0.05) is 30.2 Å². The first-order chi connectivity index (χ1) is 27.9. The molecular weight excluding hydrogens is 835 g/mol. The first-order valence-corrected chi connectivity index (χ1v) is 17.7. The van der Waals surface area contributed by atoms with Crippen molar-refractivity contribution < 1.29 is 81.3 Å². The number of carbonyl (C=O) groups is 3. The van der Waals surface area contributed by atoms with Gasteiger partial charge in [-0.3, -0.25) is 14.4 Å². The van der Waals surface area contributed by atoms with Crippen molar-refractivity contribution in [3.05, 3.63) is 135 Å². The maximum Gasteiger partial charge on any atom is 0.461 e. The van der Waals surface area contributed by atoms with Crippen molar-refractivity contribution in [2.45, 2.75) is 62.5 Å². The average Bonchev–Trinajstić information content (AvgIpc) is 3.16. The number of hydrogen-bond acceptors (Lipinski definition) is 4. The molecule has 1 fully saturated rings. The van der Waals surface area contributed by atoms with E-state index in [2.05, 4.69) is 15.4 Å². The molecule has 0 aliphatic heterocycles. The highest BCUT2D eigenvalue weighted by atomic mass is 19.4. The van der Waals surface area contributed by atoms with Gasteiger partial charge in [0.1, 0.15) is 23.2 Å². The molecule has 5 rings (SSSR count). The highest BCUT2D eigenvalue weighted by Crippen LogP contribution is 2.42. The molecule has 3 N–H and O–H groups in total. The van der Waals surface area contributed by atoms with Crippen LogP contribution in [0.4, 0.5) is 57.1 Å². The number of alkyl halides is 10. The summed E-state index contributed by atoms with van der Waals surface area (Å²) < 4.78 is 186. The zero-order chi connectivity index (χ0) is 44.4. The van der Waals surface area contributed by atoms with Crippen LogP contribution >= 0.6 is 0 Å². The van der Waals surface area contributed by atoms with E-state index >= 15 is 4.39 Å². The number of hydrogen-bond donors (Lipinski definition) is 3. The maximum atomic E-state index is 15.3. The van der Waals surface area contributed by atoms with Crippen LogP contribution in [0.2, 0.25) is 0 Å². The number of halogens is 13. The van der Waals surface area contributed by atoms with Crippen LogP contribution in [0.15, 0.2) is 78.9 Å². The molecule has 2 amide bonds. The standard InChI is InChI=1S/C40H31F13N2O5/c41-27-14-26(15-28(17-27)60-40(52,53)36(44)45)37(25-10-12-32(43)30(16-25)39(49,50)51,55-34(57)24-9-11-31(42)29(13-24)38(46,47)48)18-20-1-5-22(6-2-20)33(56)54-19-21-3-7-23(8-4-21)35(58)59/h1-2,5-6,9-17,21,23,36H,3-4,7-8,18-19H2,(H,54,56)(H,55,57)(H,58,59). The van der Waals surface area contributed by atoms with Crippen LogP contribution in [-0.4, -0.2) is 42.0 Å². The van der Waals surface area contributed by atoms with Crippen LogP contribution in [0.1, 0.15) is 74.2 Å². The number of amides is 2. The zero-order valence-corrected chi connectivity index (χ0v) is 30.5. The minimum Gasteiger partial charge on any atom is -0.481 e. The molecule has 0 heterocycles. The predicted octanol–water partition coefficient (Wildman–Crippen LogP) is 9.92. The topological polar surface area (TPSA) is 105 Å². The van der Waals surface area contributed by atoms with E-state index in [4.69, 9.17) is 0 Å². The molecule has 1 aliphatic carbocycles. The van der Waals surface area contributed by atoms with Gasteiger partial charge in [-0.25, -0.2) is 13.2 Å². The number of ether oxygens (including phenoxy) is 1. The van der Waals surface area contributed by atoms with Gasteiger partial charge in [0.2, 0.25) is 0 Å². The molecule has 4 aromatic carbocycles. The highest BCUT2D eigenvalue weighted by Gasteiger charge is 2.46. The average molecular weight is 867 g/mol. The lowest BCUT2D eigenvalue weighted by Crippen LogP contribution is -2.49. The summed E-state index contributed by atoms with van der Waals surface area (Å²) in [5.74, 6) is -10.3. The Bertz CT molecular complexity index is 2220. The molecule has 20 heteroatoms. The van der Waals surface area contributed by atoms with Gasteiger partial charge in [0.05, 0.1) is 22.6 Å². The number of carboxylic acids is 1. The fourth-order valence-corrected chi connectivity index (χ4v) is 6.82. The SMILES string of the molecule is O=C(NCC1CCC(C(=O)O)CC1)c1ccc(CC(NC(=O)c2ccc(F)c(C(F)(F)F)c2)(c2cc(F)cc(OC(F)(F)C(F)F)c2)c2ccc(F)c(C(F)(F)F)c2)cc1. The largest absolute Gasteiger partial charge is 0.481 e. The van der Waals surface area contributed by atoms with Gasteiger partial charge >= 0.3 is 30.9 Å². The van der Waals surface area contributed by atoms with Gasteiger partial charge in [-0.05, 0) is 103 Å². The summed E-state index contributed by atoms with van der Waals surface area (Å²) in [5.41, 5.74) is -9.41. The second-order valence-corrected chi connectivity index (χ2v) is 14.0. The lowest BCUT2D eigenvalue weighted by Gasteiger charge is -2.37. The number of nitrogens with one attached hydrogen (secondary N) is 2. The molecule has 1 unspecified atom stereocenters. The Morgan fingerprint density at radius 1 is 0.683 bits per heavy atom. The first kappa shape index (κ1) is 45.3. The fraction of sp³-hybridized carbons (Fsp3) is 0.325. The summed E-state index contributed by atoms with van der Waals surface area (Å²) in [6, 6.07) is 7.68. The van der Waals surface area contributed by atoms with Gasteiger partial charge in [-0.15, -0.1) is 0 Å². The van der Waals surface area contributed by atoms with Crippen LogP contribution < -0.4 is 15.4 Å². The second-order valence-electron chi connectivity index (χ2n) is 14.0. The van der Waals surface area contributed by atoms with Crippen molar-refractivity contribution in [1.29, 1.82) is 0 Å².